The minimum atomic E-state index is -1.70. The van der Waals surface area contributed by atoms with Crippen LogP contribution in [-0.2, 0) is 9.59 Å². The lowest BCUT2D eigenvalue weighted by atomic mass is 10.3. The normalized spacial score (nSPS) is 9.57. The van der Waals surface area contributed by atoms with Gasteiger partial charge in [-0.25, -0.2) is 13.6 Å². The Kier molecular flexibility index (Phi) is 2.76. The standard InChI is InChI=1S/C8H5F2NO3/c9-5-2-1-4(3-6(5)10)11-7(12)8(13)14/h1-3H,(H,11,12)(H,13,14). The summed E-state index contributed by atoms with van der Waals surface area (Å²) in [4.78, 5) is 20.7. The molecule has 0 heterocycles. The van der Waals surface area contributed by atoms with E-state index in [1.54, 1.807) is 0 Å². The summed E-state index contributed by atoms with van der Waals surface area (Å²) in [5.74, 6) is -5.24. The molecule has 0 fully saturated rings. The van der Waals surface area contributed by atoms with Crippen molar-refractivity contribution in [1.29, 1.82) is 0 Å². The molecule has 0 saturated heterocycles. The summed E-state index contributed by atoms with van der Waals surface area (Å²) in [6.45, 7) is 0. The van der Waals surface area contributed by atoms with Crippen LogP contribution in [0.25, 0.3) is 0 Å². The third kappa shape index (κ3) is 2.25. The second kappa shape index (κ2) is 3.82. The molecule has 0 aliphatic rings. The minimum absolute atomic E-state index is 0.115. The number of anilines is 1. The van der Waals surface area contributed by atoms with E-state index in [1.807, 2.05) is 5.32 Å². The van der Waals surface area contributed by atoms with Gasteiger partial charge in [-0.05, 0) is 12.1 Å². The number of aliphatic carboxylic acids is 1. The molecule has 4 nitrogen and oxygen atoms in total. The van der Waals surface area contributed by atoms with Crippen molar-refractivity contribution in [3.05, 3.63) is 29.8 Å². The van der Waals surface area contributed by atoms with Gasteiger partial charge >= 0.3 is 11.9 Å². The van der Waals surface area contributed by atoms with Gasteiger partial charge in [-0.2, -0.15) is 0 Å². The maximum Gasteiger partial charge on any atom is 0.394 e. The molecule has 0 bridgehead atoms. The molecular formula is C8H5F2NO3. The van der Waals surface area contributed by atoms with Crippen molar-refractivity contribution in [1.82, 2.24) is 0 Å². The summed E-state index contributed by atoms with van der Waals surface area (Å²) >= 11 is 0. The van der Waals surface area contributed by atoms with Crippen LogP contribution in [0.1, 0.15) is 0 Å². The second-order valence-corrected chi connectivity index (χ2v) is 2.39. The smallest absolute Gasteiger partial charge is 0.394 e. The maximum absolute atomic E-state index is 12.6. The fourth-order valence-electron chi connectivity index (χ4n) is 0.758. The van der Waals surface area contributed by atoms with E-state index in [2.05, 4.69) is 0 Å². The first-order chi connectivity index (χ1) is 6.50. The average molecular weight is 201 g/mol. The van der Waals surface area contributed by atoms with E-state index in [4.69, 9.17) is 5.11 Å². The minimum Gasteiger partial charge on any atom is -0.474 e. The first-order valence-electron chi connectivity index (χ1n) is 3.50. The van der Waals surface area contributed by atoms with Crippen molar-refractivity contribution >= 4 is 17.6 Å². The van der Waals surface area contributed by atoms with Gasteiger partial charge in [0.05, 0.1) is 0 Å². The number of nitrogens with one attached hydrogen (secondary N) is 1. The SMILES string of the molecule is O=C(O)C(=O)Nc1ccc(F)c(F)c1. The zero-order valence-corrected chi connectivity index (χ0v) is 6.75. The van der Waals surface area contributed by atoms with Gasteiger partial charge < -0.3 is 10.4 Å². The Morgan fingerprint density at radius 1 is 1.21 bits per heavy atom. The predicted octanol–water partition coefficient (Wildman–Crippen LogP) is 0.988. The number of halogens is 2. The highest BCUT2D eigenvalue weighted by Gasteiger charge is 2.12. The van der Waals surface area contributed by atoms with Crippen LogP contribution in [-0.4, -0.2) is 17.0 Å². The highest BCUT2D eigenvalue weighted by molar-refractivity contribution is 6.36. The third-order valence-electron chi connectivity index (χ3n) is 1.37. The Labute approximate surface area is 77.2 Å². The van der Waals surface area contributed by atoms with Crippen molar-refractivity contribution < 1.29 is 23.5 Å². The molecule has 0 aliphatic carbocycles. The first kappa shape index (κ1) is 10.1. The molecule has 0 aromatic heterocycles. The van der Waals surface area contributed by atoms with Crippen LogP contribution in [0.2, 0.25) is 0 Å². The van der Waals surface area contributed by atoms with Crippen LogP contribution < -0.4 is 5.32 Å². The van der Waals surface area contributed by atoms with Crippen molar-refractivity contribution in [3.63, 3.8) is 0 Å². The number of hydrogen-bond acceptors (Lipinski definition) is 2. The quantitative estimate of drug-likeness (QED) is 0.666. The lowest BCUT2D eigenvalue weighted by Crippen LogP contribution is -2.21. The molecule has 1 rings (SSSR count). The fourth-order valence-corrected chi connectivity index (χ4v) is 0.758. The van der Waals surface area contributed by atoms with E-state index in [9.17, 15) is 18.4 Å². The number of rotatable bonds is 1. The van der Waals surface area contributed by atoms with Gasteiger partial charge in [-0.3, -0.25) is 4.79 Å². The number of hydrogen-bond donors (Lipinski definition) is 2. The van der Waals surface area contributed by atoms with Crippen LogP contribution in [0.5, 0.6) is 0 Å². The number of amides is 1. The Balaban J connectivity index is 2.83. The number of carboxylic acid groups (broad SMARTS) is 1. The Morgan fingerprint density at radius 3 is 2.36 bits per heavy atom. The zero-order valence-electron chi connectivity index (χ0n) is 6.75. The van der Waals surface area contributed by atoms with E-state index < -0.39 is 23.5 Å². The van der Waals surface area contributed by atoms with Crippen molar-refractivity contribution in [2.75, 3.05) is 5.32 Å². The largest absolute Gasteiger partial charge is 0.474 e. The second-order valence-electron chi connectivity index (χ2n) is 2.39. The van der Waals surface area contributed by atoms with Gasteiger partial charge in [0, 0.05) is 11.8 Å². The topological polar surface area (TPSA) is 66.4 Å². The Hall–Kier alpha value is -1.98. The summed E-state index contributed by atoms with van der Waals surface area (Å²) in [5.41, 5.74) is -0.115. The number of carbonyl (C=O) groups is 2. The molecule has 0 radical (unpaired) electrons. The fraction of sp³-hybridized carbons (Fsp3) is 0. The summed E-state index contributed by atoms with van der Waals surface area (Å²) in [7, 11) is 0. The van der Waals surface area contributed by atoms with Gasteiger partial charge in [0.25, 0.3) is 0 Å². The Morgan fingerprint density at radius 2 is 1.86 bits per heavy atom. The molecule has 1 aromatic carbocycles. The Bertz CT molecular complexity index is 392. The van der Waals surface area contributed by atoms with Gasteiger partial charge in [0.1, 0.15) is 0 Å². The monoisotopic (exact) mass is 201 g/mol. The van der Waals surface area contributed by atoms with Crippen LogP contribution >= 0.6 is 0 Å². The van der Waals surface area contributed by atoms with Gasteiger partial charge in [-0.15, -0.1) is 0 Å². The predicted molar refractivity (Wildman–Crippen MR) is 42.6 cm³/mol. The van der Waals surface area contributed by atoms with Crippen LogP contribution in [0, 0.1) is 11.6 Å². The van der Waals surface area contributed by atoms with E-state index in [0.717, 1.165) is 12.1 Å². The van der Waals surface area contributed by atoms with Crippen LogP contribution in [0.3, 0.4) is 0 Å². The molecule has 0 atom stereocenters. The zero-order chi connectivity index (χ0) is 10.7. The van der Waals surface area contributed by atoms with E-state index >= 15 is 0 Å². The van der Waals surface area contributed by atoms with Crippen molar-refractivity contribution in [2.45, 2.75) is 0 Å². The molecule has 74 valence electrons. The van der Waals surface area contributed by atoms with Crippen molar-refractivity contribution in [3.8, 4) is 0 Å². The molecule has 14 heavy (non-hydrogen) atoms. The van der Waals surface area contributed by atoms with E-state index in [-0.39, 0.29) is 5.69 Å². The highest BCUT2D eigenvalue weighted by Crippen LogP contribution is 2.12. The number of benzene rings is 1. The molecule has 6 heteroatoms. The maximum atomic E-state index is 12.6. The van der Waals surface area contributed by atoms with E-state index in [1.165, 1.54) is 0 Å². The van der Waals surface area contributed by atoms with Crippen molar-refractivity contribution in [2.24, 2.45) is 0 Å². The lowest BCUT2D eigenvalue weighted by Gasteiger charge is -2.01. The van der Waals surface area contributed by atoms with Crippen LogP contribution in [0.15, 0.2) is 18.2 Å². The molecule has 0 saturated carbocycles. The molecule has 0 unspecified atom stereocenters. The molecule has 1 aromatic rings. The molecule has 0 spiro atoms. The average Bonchev–Trinajstić information content (AvgIpc) is 2.11. The molecule has 1 amide bonds. The third-order valence-corrected chi connectivity index (χ3v) is 1.37. The first-order valence-corrected chi connectivity index (χ1v) is 3.50. The van der Waals surface area contributed by atoms with E-state index in [0.29, 0.717) is 6.07 Å². The summed E-state index contributed by atoms with van der Waals surface area (Å²) in [6.07, 6.45) is 0. The number of carbonyl (C=O) groups excluding carboxylic acids is 1. The van der Waals surface area contributed by atoms with Gasteiger partial charge in [0.15, 0.2) is 11.6 Å². The van der Waals surface area contributed by atoms with Gasteiger partial charge in [-0.1, -0.05) is 0 Å². The highest BCUT2D eigenvalue weighted by atomic mass is 19.2. The summed E-state index contributed by atoms with van der Waals surface area (Å²) < 4.78 is 24.9. The summed E-state index contributed by atoms with van der Waals surface area (Å²) in [6, 6.07) is 2.53. The summed E-state index contributed by atoms with van der Waals surface area (Å²) in [5, 5.41) is 10.1. The number of carboxylic acids is 1. The van der Waals surface area contributed by atoms with Crippen LogP contribution in [0.4, 0.5) is 14.5 Å². The lowest BCUT2D eigenvalue weighted by molar-refractivity contribution is -0.147. The molecule has 0 aliphatic heterocycles. The molecule has 2 N–H and O–H groups in total. The van der Waals surface area contributed by atoms with Gasteiger partial charge in [0.2, 0.25) is 0 Å². The molecular weight excluding hydrogens is 196 g/mol.